The Labute approximate surface area is 92.8 Å². The summed E-state index contributed by atoms with van der Waals surface area (Å²) in [5, 5.41) is 13.6. The van der Waals surface area contributed by atoms with Gasteiger partial charge in [-0.2, -0.15) is 0 Å². The van der Waals surface area contributed by atoms with Gasteiger partial charge in [0.05, 0.1) is 6.10 Å². The standard InChI is InChI=1S/C13H23NO/c15-13-10-6-2-5-9-12(13)14-11-7-3-1-4-8-11/h1,3,11-15H,2,4-10H2. The summed E-state index contributed by atoms with van der Waals surface area (Å²) in [6.07, 6.45) is 13.9. The second-order valence-corrected chi connectivity index (χ2v) is 4.96. The van der Waals surface area contributed by atoms with E-state index in [1.165, 1.54) is 32.1 Å². The number of hydrogen-bond acceptors (Lipinski definition) is 2. The predicted octanol–water partition coefficient (Wildman–Crippen LogP) is 2.38. The lowest BCUT2D eigenvalue weighted by molar-refractivity contribution is 0.112. The normalized spacial score (nSPS) is 37.5. The van der Waals surface area contributed by atoms with E-state index in [-0.39, 0.29) is 6.10 Å². The van der Waals surface area contributed by atoms with Crippen molar-refractivity contribution in [3.8, 4) is 0 Å². The molecule has 0 bridgehead atoms. The first-order chi connectivity index (χ1) is 7.36. The molecule has 0 radical (unpaired) electrons. The smallest absolute Gasteiger partial charge is 0.0693 e. The van der Waals surface area contributed by atoms with E-state index in [2.05, 4.69) is 17.5 Å². The average Bonchev–Trinajstić information content (AvgIpc) is 2.46. The van der Waals surface area contributed by atoms with Crippen LogP contribution in [0.3, 0.4) is 0 Å². The van der Waals surface area contributed by atoms with Gasteiger partial charge in [0, 0.05) is 12.1 Å². The van der Waals surface area contributed by atoms with E-state index in [1.807, 2.05) is 0 Å². The van der Waals surface area contributed by atoms with E-state index in [0.29, 0.717) is 12.1 Å². The first-order valence-electron chi connectivity index (χ1n) is 6.45. The van der Waals surface area contributed by atoms with Crippen LogP contribution in [0.1, 0.15) is 51.4 Å². The predicted molar refractivity (Wildman–Crippen MR) is 62.8 cm³/mol. The summed E-state index contributed by atoms with van der Waals surface area (Å²) in [4.78, 5) is 0. The van der Waals surface area contributed by atoms with Crippen molar-refractivity contribution >= 4 is 0 Å². The molecule has 0 amide bonds. The molecule has 15 heavy (non-hydrogen) atoms. The van der Waals surface area contributed by atoms with E-state index >= 15 is 0 Å². The maximum Gasteiger partial charge on any atom is 0.0693 e. The fourth-order valence-electron chi connectivity index (χ4n) is 2.73. The molecule has 2 nitrogen and oxygen atoms in total. The number of aliphatic hydroxyl groups excluding tert-OH is 1. The lowest BCUT2D eigenvalue weighted by Crippen LogP contribution is -2.45. The largest absolute Gasteiger partial charge is 0.392 e. The van der Waals surface area contributed by atoms with E-state index in [1.54, 1.807) is 0 Å². The van der Waals surface area contributed by atoms with Crippen molar-refractivity contribution in [3.63, 3.8) is 0 Å². The van der Waals surface area contributed by atoms with Gasteiger partial charge in [-0.15, -0.1) is 0 Å². The second kappa shape index (κ2) is 5.66. The Morgan fingerprint density at radius 2 is 1.87 bits per heavy atom. The number of rotatable bonds is 2. The van der Waals surface area contributed by atoms with Crippen molar-refractivity contribution in [3.05, 3.63) is 12.2 Å². The van der Waals surface area contributed by atoms with Gasteiger partial charge in [-0.3, -0.25) is 0 Å². The van der Waals surface area contributed by atoms with Crippen molar-refractivity contribution < 1.29 is 5.11 Å². The molecule has 0 saturated heterocycles. The third kappa shape index (κ3) is 3.32. The molecular weight excluding hydrogens is 186 g/mol. The fraction of sp³-hybridized carbons (Fsp3) is 0.846. The van der Waals surface area contributed by atoms with E-state index < -0.39 is 0 Å². The zero-order valence-corrected chi connectivity index (χ0v) is 9.49. The minimum absolute atomic E-state index is 0.113. The average molecular weight is 209 g/mol. The first kappa shape index (κ1) is 11.2. The Hall–Kier alpha value is -0.340. The molecule has 2 aliphatic carbocycles. The summed E-state index contributed by atoms with van der Waals surface area (Å²) < 4.78 is 0. The molecule has 2 heteroatoms. The number of nitrogens with one attached hydrogen (secondary N) is 1. The van der Waals surface area contributed by atoms with E-state index in [0.717, 1.165) is 19.3 Å². The molecule has 0 aromatic heterocycles. The highest BCUT2D eigenvalue weighted by Crippen LogP contribution is 2.20. The van der Waals surface area contributed by atoms with E-state index in [4.69, 9.17) is 0 Å². The number of hydrogen-bond donors (Lipinski definition) is 2. The Morgan fingerprint density at radius 3 is 2.67 bits per heavy atom. The molecule has 0 aromatic carbocycles. The summed E-state index contributed by atoms with van der Waals surface area (Å²) in [6, 6.07) is 0.955. The van der Waals surface area contributed by atoms with Crippen LogP contribution < -0.4 is 5.32 Å². The van der Waals surface area contributed by atoms with Gasteiger partial charge in [0.1, 0.15) is 0 Å². The topological polar surface area (TPSA) is 32.3 Å². The SMILES string of the molecule is OC1CCCCCC1NC1CC=CCC1. The molecule has 2 aliphatic rings. The lowest BCUT2D eigenvalue weighted by Gasteiger charge is -2.28. The molecular formula is C13H23NO. The zero-order chi connectivity index (χ0) is 10.5. The van der Waals surface area contributed by atoms with Gasteiger partial charge in [-0.1, -0.05) is 31.4 Å². The Bertz CT molecular complexity index is 215. The summed E-state index contributed by atoms with van der Waals surface area (Å²) in [5.74, 6) is 0. The molecule has 0 heterocycles. The van der Waals surface area contributed by atoms with Crippen LogP contribution in [0.15, 0.2) is 12.2 Å². The van der Waals surface area contributed by atoms with Crippen LogP contribution in [-0.4, -0.2) is 23.3 Å². The highest BCUT2D eigenvalue weighted by Gasteiger charge is 2.23. The summed E-state index contributed by atoms with van der Waals surface area (Å²) in [7, 11) is 0. The molecule has 0 aliphatic heterocycles. The van der Waals surface area contributed by atoms with Crippen molar-refractivity contribution in [2.24, 2.45) is 0 Å². The minimum Gasteiger partial charge on any atom is -0.392 e. The molecule has 2 rings (SSSR count). The third-order valence-corrected chi connectivity index (χ3v) is 3.70. The van der Waals surface area contributed by atoms with E-state index in [9.17, 15) is 5.11 Å². The first-order valence-corrected chi connectivity index (χ1v) is 6.45. The van der Waals surface area contributed by atoms with Gasteiger partial charge in [0.15, 0.2) is 0 Å². The van der Waals surface area contributed by atoms with Crippen LogP contribution in [0, 0.1) is 0 Å². The number of allylic oxidation sites excluding steroid dienone is 1. The molecule has 3 atom stereocenters. The van der Waals surface area contributed by atoms with Crippen molar-refractivity contribution in [2.45, 2.75) is 69.6 Å². The van der Waals surface area contributed by atoms with Gasteiger partial charge < -0.3 is 10.4 Å². The Kier molecular flexibility index (Phi) is 4.21. The third-order valence-electron chi connectivity index (χ3n) is 3.70. The molecule has 1 fully saturated rings. The molecule has 2 N–H and O–H groups in total. The van der Waals surface area contributed by atoms with Gasteiger partial charge in [-0.25, -0.2) is 0 Å². The van der Waals surface area contributed by atoms with Crippen LogP contribution in [0.5, 0.6) is 0 Å². The highest BCUT2D eigenvalue weighted by molar-refractivity contribution is 4.94. The molecule has 3 unspecified atom stereocenters. The quantitative estimate of drug-likeness (QED) is 0.540. The summed E-state index contributed by atoms with van der Waals surface area (Å²) >= 11 is 0. The summed E-state index contributed by atoms with van der Waals surface area (Å²) in [6.45, 7) is 0. The fourth-order valence-corrected chi connectivity index (χ4v) is 2.73. The van der Waals surface area contributed by atoms with Crippen molar-refractivity contribution in [1.29, 1.82) is 0 Å². The molecule has 86 valence electrons. The van der Waals surface area contributed by atoms with Crippen LogP contribution in [0.4, 0.5) is 0 Å². The summed E-state index contributed by atoms with van der Waals surface area (Å²) in [5.41, 5.74) is 0. The second-order valence-electron chi connectivity index (χ2n) is 4.96. The Morgan fingerprint density at radius 1 is 1.00 bits per heavy atom. The molecule has 0 aromatic rings. The molecule has 1 saturated carbocycles. The van der Waals surface area contributed by atoms with Crippen molar-refractivity contribution in [2.75, 3.05) is 0 Å². The zero-order valence-electron chi connectivity index (χ0n) is 9.49. The maximum absolute atomic E-state index is 10.00. The monoisotopic (exact) mass is 209 g/mol. The highest BCUT2D eigenvalue weighted by atomic mass is 16.3. The van der Waals surface area contributed by atoms with Crippen molar-refractivity contribution in [1.82, 2.24) is 5.32 Å². The van der Waals surface area contributed by atoms with Gasteiger partial charge in [0.25, 0.3) is 0 Å². The maximum atomic E-state index is 10.00. The van der Waals surface area contributed by atoms with Crippen LogP contribution in [0.25, 0.3) is 0 Å². The number of aliphatic hydroxyl groups is 1. The van der Waals surface area contributed by atoms with Crippen LogP contribution >= 0.6 is 0 Å². The van der Waals surface area contributed by atoms with Gasteiger partial charge in [0.2, 0.25) is 0 Å². The van der Waals surface area contributed by atoms with Gasteiger partial charge in [-0.05, 0) is 32.1 Å². The lowest BCUT2D eigenvalue weighted by atomic mass is 9.98. The molecule has 0 spiro atoms. The minimum atomic E-state index is -0.113. The van der Waals surface area contributed by atoms with Crippen LogP contribution in [0.2, 0.25) is 0 Å². The Balaban J connectivity index is 1.82. The van der Waals surface area contributed by atoms with Crippen LogP contribution in [-0.2, 0) is 0 Å². The van der Waals surface area contributed by atoms with Gasteiger partial charge >= 0.3 is 0 Å².